The first-order chi connectivity index (χ1) is 12.3. The summed E-state index contributed by atoms with van der Waals surface area (Å²) < 4.78 is 16.1. The summed E-state index contributed by atoms with van der Waals surface area (Å²) in [5.74, 6) is 1.51. The van der Waals surface area contributed by atoms with Crippen LogP contribution in [0.3, 0.4) is 0 Å². The number of morpholine rings is 1. The molecule has 1 aliphatic heterocycles. The van der Waals surface area contributed by atoms with Gasteiger partial charge in [-0.05, 0) is 18.2 Å². The molecule has 1 saturated heterocycles. The van der Waals surface area contributed by atoms with Gasteiger partial charge in [-0.3, -0.25) is 0 Å². The highest BCUT2D eigenvalue weighted by Gasteiger charge is 2.19. The Bertz CT molecular complexity index is 859. The van der Waals surface area contributed by atoms with Gasteiger partial charge >= 0.3 is 0 Å². The highest BCUT2D eigenvalue weighted by Crippen LogP contribution is 2.31. The number of nitrogens with zero attached hydrogens (tertiary/aromatic N) is 4. The molecule has 0 radical (unpaired) electrons. The van der Waals surface area contributed by atoms with Crippen molar-refractivity contribution in [3.05, 3.63) is 42.6 Å². The van der Waals surface area contributed by atoms with Crippen molar-refractivity contribution in [1.29, 1.82) is 0 Å². The Balaban J connectivity index is 1.68. The second-order valence-electron chi connectivity index (χ2n) is 5.63. The van der Waals surface area contributed by atoms with Gasteiger partial charge in [0.05, 0.1) is 25.9 Å². The number of hydrogen-bond acceptors (Lipinski definition) is 7. The van der Waals surface area contributed by atoms with Crippen molar-refractivity contribution in [1.82, 2.24) is 15.1 Å². The van der Waals surface area contributed by atoms with E-state index in [9.17, 15) is 0 Å². The molecule has 2 aromatic heterocycles. The van der Waals surface area contributed by atoms with Crippen LogP contribution in [0.1, 0.15) is 0 Å². The van der Waals surface area contributed by atoms with Crippen LogP contribution in [0.4, 0.5) is 5.69 Å². The zero-order chi connectivity index (χ0) is 17.1. The van der Waals surface area contributed by atoms with Gasteiger partial charge in [-0.2, -0.15) is 4.98 Å². The van der Waals surface area contributed by atoms with E-state index in [1.165, 1.54) is 0 Å². The minimum Gasteiger partial charge on any atom is -0.481 e. The number of rotatable bonds is 4. The number of anilines is 1. The summed E-state index contributed by atoms with van der Waals surface area (Å²) in [6.45, 7) is 3.14. The van der Waals surface area contributed by atoms with E-state index in [2.05, 4.69) is 26.1 Å². The average molecular weight is 338 g/mol. The molecule has 0 saturated carbocycles. The lowest BCUT2D eigenvalue weighted by atomic mass is 10.1. The maximum absolute atomic E-state index is 5.53. The van der Waals surface area contributed by atoms with Crippen LogP contribution in [-0.4, -0.2) is 48.5 Å². The molecular formula is C18H18N4O3. The van der Waals surface area contributed by atoms with Crippen LogP contribution in [0, 0.1) is 0 Å². The van der Waals surface area contributed by atoms with Crippen molar-refractivity contribution < 1.29 is 14.0 Å². The maximum Gasteiger partial charge on any atom is 0.260 e. The molecule has 25 heavy (non-hydrogen) atoms. The molecule has 0 atom stereocenters. The van der Waals surface area contributed by atoms with Crippen LogP contribution in [0.25, 0.3) is 22.8 Å². The Morgan fingerprint density at radius 3 is 2.80 bits per heavy atom. The summed E-state index contributed by atoms with van der Waals surface area (Å²) in [5, 5.41) is 4.11. The monoisotopic (exact) mass is 338 g/mol. The summed E-state index contributed by atoms with van der Waals surface area (Å²) in [5.41, 5.74) is 2.79. The largest absolute Gasteiger partial charge is 0.481 e. The van der Waals surface area contributed by atoms with Crippen LogP contribution in [0.5, 0.6) is 5.88 Å². The molecule has 0 N–H and O–H groups in total. The van der Waals surface area contributed by atoms with Crippen molar-refractivity contribution in [2.45, 2.75) is 0 Å². The summed E-state index contributed by atoms with van der Waals surface area (Å²) in [6.07, 6.45) is 1.66. The number of para-hydroxylation sites is 1. The molecule has 4 rings (SSSR count). The lowest BCUT2D eigenvalue weighted by Crippen LogP contribution is -2.36. The number of aromatic nitrogens is 3. The predicted molar refractivity (Wildman–Crippen MR) is 92.5 cm³/mol. The van der Waals surface area contributed by atoms with Crippen LogP contribution >= 0.6 is 0 Å². The summed E-state index contributed by atoms with van der Waals surface area (Å²) in [6, 6.07) is 11.7. The number of methoxy groups -OCH3 is 1. The fourth-order valence-corrected chi connectivity index (χ4v) is 2.84. The highest BCUT2D eigenvalue weighted by molar-refractivity contribution is 5.74. The van der Waals surface area contributed by atoms with Gasteiger partial charge in [0, 0.05) is 36.6 Å². The molecule has 0 amide bonds. The predicted octanol–water partition coefficient (Wildman–Crippen LogP) is 2.64. The van der Waals surface area contributed by atoms with E-state index in [1.54, 1.807) is 19.4 Å². The van der Waals surface area contributed by atoms with Crippen LogP contribution in [-0.2, 0) is 4.74 Å². The Hall–Kier alpha value is -2.93. The first-order valence-electron chi connectivity index (χ1n) is 8.11. The van der Waals surface area contributed by atoms with Gasteiger partial charge in [0.1, 0.15) is 0 Å². The van der Waals surface area contributed by atoms with Crippen molar-refractivity contribution in [3.63, 3.8) is 0 Å². The maximum atomic E-state index is 5.53. The third-order valence-corrected chi connectivity index (χ3v) is 4.11. The van der Waals surface area contributed by atoms with Crippen molar-refractivity contribution in [2.75, 3.05) is 38.3 Å². The first-order valence-corrected chi connectivity index (χ1v) is 8.11. The number of ether oxygens (including phenoxy) is 2. The molecule has 1 aromatic carbocycles. The van der Waals surface area contributed by atoms with Gasteiger partial charge in [0.25, 0.3) is 5.89 Å². The SMILES string of the molecule is COc1cc(-c2noc(-c3ccccc3N3CCOCC3)n2)ccn1. The molecule has 0 unspecified atom stereocenters. The molecule has 3 heterocycles. The topological polar surface area (TPSA) is 73.5 Å². The Kier molecular flexibility index (Phi) is 4.30. The highest BCUT2D eigenvalue weighted by atomic mass is 16.5. The van der Waals surface area contributed by atoms with Crippen LogP contribution in [0.2, 0.25) is 0 Å². The molecule has 128 valence electrons. The average Bonchev–Trinajstić information content (AvgIpc) is 3.19. The molecule has 0 spiro atoms. The van der Waals surface area contributed by atoms with Gasteiger partial charge in [-0.15, -0.1) is 0 Å². The van der Waals surface area contributed by atoms with E-state index in [4.69, 9.17) is 14.0 Å². The van der Waals surface area contributed by atoms with Crippen LogP contribution in [0.15, 0.2) is 47.1 Å². The Morgan fingerprint density at radius 2 is 1.96 bits per heavy atom. The Morgan fingerprint density at radius 1 is 1.12 bits per heavy atom. The van der Waals surface area contributed by atoms with E-state index in [0.29, 0.717) is 17.6 Å². The molecule has 3 aromatic rings. The van der Waals surface area contributed by atoms with Crippen molar-refractivity contribution in [2.24, 2.45) is 0 Å². The Labute approximate surface area is 145 Å². The molecule has 7 nitrogen and oxygen atoms in total. The molecule has 1 aliphatic rings. The van der Waals surface area contributed by atoms with E-state index in [1.807, 2.05) is 24.3 Å². The number of pyridine rings is 1. The van der Waals surface area contributed by atoms with Gasteiger partial charge in [-0.25, -0.2) is 4.98 Å². The molecule has 7 heteroatoms. The van der Waals surface area contributed by atoms with Crippen molar-refractivity contribution >= 4 is 5.69 Å². The van der Waals surface area contributed by atoms with Crippen molar-refractivity contribution in [3.8, 4) is 28.7 Å². The van der Waals surface area contributed by atoms with E-state index in [-0.39, 0.29) is 0 Å². The third-order valence-electron chi connectivity index (χ3n) is 4.11. The van der Waals surface area contributed by atoms with Gasteiger partial charge < -0.3 is 18.9 Å². The van der Waals surface area contributed by atoms with E-state index >= 15 is 0 Å². The quantitative estimate of drug-likeness (QED) is 0.724. The van der Waals surface area contributed by atoms with E-state index < -0.39 is 0 Å². The molecular weight excluding hydrogens is 320 g/mol. The lowest BCUT2D eigenvalue weighted by Gasteiger charge is -2.29. The zero-order valence-corrected chi connectivity index (χ0v) is 13.9. The third kappa shape index (κ3) is 3.18. The number of hydrogen-bond donors (Lipinski definition) is 0. The van der Waals surface area contributed by atoms with Crippen LogP contribution < -0.4 is 9.64 Å². The fourth-order valence-electron chi connectivity index (χ4n) is 2.84. The van der Waals surface area contributed by atoms with Gasteiger partial charge in [-0.1, -0.05) is 17.3 Å². The first kappa shape index (κ1) is 15.6. The number of benzene rings is 1. The fraction of sp³-hybridized carbons (Fsp3) is 0.278. The minimum atomic E-state index is 0.493. The lowest BCUT2D eigenvalue weighted by molar-refractivity contribution is 0.122. The second-order valence-corrected chi connectivity index (χ2v) is 5.63. The van der Waals surface area contributed by atoms with Gasteiger partial charge in [0.15, 0.2) is 0 Å². The zero-order valence-electron chi connectivity index (χ0n) is 13.9. The summed E-state index contributed by atoms with van der Waals surface area (Å²) in [7, 11) is 1.58. The molecule has 1 fully saturated rings. The van der Waals surface area contributed by atoms with Gasteiger partial charge in [0.2, 0.25) is 11.7 Å². The van der Waals surface area contributed by atoms with E-state index in [0.717, 1.165) is 43.1 Å². The standard InChI is InChI=1S/C18H18N4O3/c1-23-16-12-13(6-7-19-16)17-20-18(25-21-17)14-4-2-3-5-15(14)22-8-10-24-11-9-22/h2-7,12H,8-11H2,1H3. The normalized spacial score (nSPS) is 14.5. The molecule has 0 aliphatic carbocycles. The molecule has 0 bridgehead atoms. The minimum absolute atomic E-state index is 0.493. The summed E-state index contributed by atoms with van der Waals surface area (Å²) >= 11 is 0. The second kappa shape index (κ2) is 6.90. The summed E-state index contributed by atoms with van der Waals surface area (Å²) in [4.78, 5) is 10.9. The smallest absolute Gasteiger partial charge is 0.260 e.